The van der Waals surface area contributed by atoms with Crippen LogP contribution >= 0.6 is 0 Å². The number of carbonyl (C=O) groups excluding carboxylic acids is 2. The lowest BCUT2D eigenvalue weighted by molar-refractivity contribution is -0.119. The highest BCUT2D eigenvalue weighted by Crippen LogP contribution is 2.38. The molecule has 4 rings (SSSR count). The summed E-state index contributed by atoms with van der Waals surface area (Å²) in [5.41, 5.74) is 1.69. The van der Waals surface area contributed by atoms with Gasteiger partial charge < -0.3 is 34.1 Å². The standard InChI is InChI=1S/C29H40N4O6/c1-31(20-23-8-9-27(34)30-23)19-21-6-5-7-24(16-21)39-15-14-32-10-12-33(13-11-32)29(35)22-17-25(36-2)28(38-4)26(18-22)37-3/h5-7,16-18,23H,8-15,19-20H2,1-4H3,(H,30,34). The monoisotopic (exact) mass is 540 g/mol. The van der Waals surface area contributed by atoms with Crippen molar-refractivity contribution in [3.8, 4) is 23.0 Å². The number of carbonyl (C=O) groups is 2. The van der Waals surface area contributed by atoms with Crippen molar-refractivity contribution in [3.63, 3.8) is 0 Å². The zero-order valence-corrected chi connectivity index (χ0v) is 23.4. The second kappa shape index (κ2) is 13.5. The van der Waals surface area contributed by atoms with E-state index in [1.54, 1.807) is 33.5 Å². The molecule has 39 heavy (non-hydrogen) atoms. The first-order chi connectivity index (χ1) is 18.9. The third-order valence-electron chi connectivity index (χ3n) is 7.22. The third kappa shape index (κ3) is 7.54. The van der Waals surface area contributed by atoms with E-state index in [4.69, 9.17) is 18.9 Å². The highest BCUT2D eigenvalue weighted by molar-refractivity contribution is 5.95. The Labute approximate surface area is 230 Å². The van der Waals surface area contributed by atoms with Crippen molar-refractivity contribution in [1.29, 1.82) is 0 Å². The van der Waals surface area contributed by atoms with Crippen LogP contribution in [0.25, 0.3) is 0 Å². The minimum Gasteiger partial charge on any atom is -0.493 e. The Hall–Kier alpha value is -3.50. The van der Waals surface area contributed by atoms with Crippen molar-refractivity contribution in [2.24, 2.45) is 0 Å². The van der Waals surface area contributed by atoms with Gasteiger partial charge in [0.1, 0.15) is 12.4 Å². The van der Waals surface area contributed by atoms with Gasteiger partial charge in [0.25, 0.3) is 5.91 Å². The van der Waals surface area contributed by atoms with E-state index in [0.29, 0.717) is 48.9 Å². The molecule has 0 spiro atoms. The van der Waals surface area contributed by atoms with E-state index in [1.165, 1.54) is 5.56 Å². The lowest BCUT2D eigenvalue weighted by Crippen LogP contribution is -2.49. The van der Waals surface area contributed by atoms with E-state index >= 15 is 0 Å². The van der Waals surface area contributed by atoms with E-state index in [0.717, 1.165) is 44.9 Å². The number of ether oxygens (including phenoxy) is 4. The molecule has 1 unspecified atom stereocenters. The second-order valence-electron chi connectivity index (χ2n) is 10.0. The number of rotatable bonds is 12. The van der Waals surface area contributed by atoms with Crippen molar-refractivity contribution in [2.75, 3.05) is 74.3 Å². The zero-order valence-electron chi connectivity index (χ0n) is 23.4. The Balaban J connectivity index is 1.21. The summed E-state index contributed by atoms with van der Waals surface area (Å²) in [4.78, 5) is 31.0. The van der Waals surface area contributed by atoms with Crippen molar-refractivity contribution >= 4 is 11.8 Å². The quantitative estimate of drug-likeness (QED) is 0.438. The van der Waals surface area contributed by atoms with E-state index in [9.17, 15) is 9.59 Å². The predicted molar refractivity (Wildman–Crippen MR) is 148 cm³/mol. The van der Waals surface area contributed by atoms with Crippen LogP contribution in [0.4, 0.5) is 0 Å². The molecule has 1 atom stereocenters. The van der Waals surface area contributed by atoms with Crippen LogP contribution in [0.5, 0.6) is 23.0 Å². The van der Waals surface area contributed by atoms with E-state index in [-0.39, 0.29) is 17.9 Å². The van der Waals surface area contributed by atoms with Crippen LogP contribution in [-0.4, -0.2) is 107 Å². The highest BCUT2D eigenvalue weighted by Gasteiger charge is 2.25. The molecule has 2 aromatic rings. The zero-order chi connectivity index (χ0) is 27.8. The normalized spacial score (nSPS) is 17.7. The fourth-order valence-electron chi connectivity index (χ4n) is 5.15. The Bertz CT molecular complexity index is 1110. The number of benzene rings is 2. The van der Waals surface area contributed by atoms with Crippen LogP contribution in [0.3, 0.4) is 0 Å². The summed E-state index contributed by atoms with van der Waals surface area (Å²) < 4.78 is 22.2. The number of nitrogens with one attached hydrogen (secondary N) is 1. The maximum absolute atomic E-state index is 13.2. The summed E-state index contributed by atoms with van der Waals surface area (Å²) in [7, 11) is 6.70. The van der Waals surface area contributed by atoms with Crippen LogP contribution in [0, 0.1) is 0 Å². The molecule has 212 valence electrons. The number of hydrogen-bond acceptors (Lipinski definition) is 8. The van der Waals surface area contributed by atoms with E-state index in [1.807, 2.05) is 17.0 Å². The number of piperazine rings is 1. The lowest BCUT2D eigenvalue weighted by Gasteiger charge is -2.34. The van der Waals surface area contributed by atoms with Gasteiger partial charge in [0, 0.05) is 63.8 Å². The van der Waals surface area contributed by atoms with Crippen LogP contribution in [-0.2, 0) is 11.3 Å². The average Bonchev–Trinajstić information content (AvgIpc) is 3.36. The van der Waals surface area contributed by atoms with Gasteiger partial charge in [-0.05, 0) is 43.3 Å². The van der Waals surface area contributed by atoms with Crippen LogP contribution in [0.1, 0.15) is 28.8 Å². The molecule has 1 N–H and O–H groups in total. The van der Waals surface area contributed by atoms with Crippen LogP contribution in [0.15, 0.2) is 36.4 Å². The lowest BCUT2D eigenvalue weighted by atomic mass is 10.1. The van der Waals surface area contributed by atoms with Gasteiger partial charge in [-0.15, -0.1) is 0 Å². The van der Waals surface area contributed by atoms with Crippen LogP contribution < -0.4 is 24.3 Å². The minimum absolute atomic E-state index is 0.0535. The predicted octanol–water partition coefficient (Wildman–Crippen LogP) is 2.26. The molecule has 2 heterocycles. The van der Waals surface area contributed by atoms with Crippen LogP contribution in [0.2, 0.25) is 0 Å². The molecule has 2 fully saturated rings. The molecule has 10 nitrogen and oxygen atoms in total. The SMILES string of the molecule is COc1cc(C(=O)N2CCN(CCOc3cccc(CN(C)CC4CCC(=O)N4)c3)CC2)cc(OC)c1OC. The van der Waals surface area contributed by atoms with Gasteiger partial charge in [-0.25, -0.2) is 0 Å². The minimum atomic E-state index is -0.0535. The molecule has 0 saturated carbocycles. The van der Waals surface area contributed by atoms with Crippen molar-refractivity contribution < 1.29 is 28.5 Å². The first kappa shape index (κ1) is 28.5. The first-order valence-electron chi connectivity index (χ1n) is 13.4. The molecule has 2 aromatic carbocycles. The van der Waals surface area contributed by atoms with Gasteiger partial charge in [-0.2, -0.15) is 0 Å². The average molecular weight is 541 g/mol. The summed E-state index contributed by atoms with van der Waals surface area (Å²) >= 11 is 0. The largest absolute Gasteiger partial charge is 0.493 e. The molecule has 0 aliphatic carbocycles. The molecule has 2 amide bonds. The summed E-state index contributed by atoms with van der Waals surface area (Å²) in [6, 6.07) is 11.8. The van der Waals surface area contributed by atoms with Gasteiger partial charge in [0.15, 0.2) is 11.5 Å². The molecule has 2 aliphatic rings. The van der Waals surface area contributed by atoms with Gasteiger partial charge in [0.05, 0.1) is 21.3 Å². The van der Waals surface area contributed by atoms with Crippen molar-refractivity contribution in [1.82, 2.24) is 20.0 Å². The Morgan fingerprint density at radius 2 is 1.74 bits per heavy atom. The number of likely N-dealkylation sites (N-methyl/N-ethyl adjacent to an activating group) is 1. The molecule has 0 aromatic heterocycles. The molecule has 2 aliphatic heterocycles. The van der Waals surface area contributed by atoms with Crippen molar-refractivity contribution in [3.05, 3.63) is 47.5 Å². The maximum atomic E-state index is 13.2. The molecule has 10 heteroatoms. The van der Waals surface area contributed by atoms with E-state index < -0.39 is 0 Å². The fraction of sp³-hybridized carbons (Fsp3) is 0.517. The van der Waals surface area contributed by atoms with Gasteiger partial charge in [0.2, 0.25) is 11.7 Å². The Morgan fingerprint density at radius 1 is 1.03 bits per heavy atom. The molecular formula is C29H40N4O6. The number of amides is 2. The summed E-state index contributed by atoms with van der Waals surface area (Å²) in [5.74, 6) is 2.35. The second-order valence-corrected chi connectivity index (χ2v) is 10.0. The number of methoxy groups -OCH3 is 3. The molecular weight excluding hydrogens is 500 g/mol. The van der Waals surface area contributed by atoms with Gasteiger partial charge in [-0.3, -0.25) is 14.5 Å². The maximum Gasteiger partial charge on any atom is 0.254 e. The highest BCUT2D eigenvalue weighted by atomic mass is 16.5. The third-order valence-corrected chi connectivity index (χ3v) is 7.22. The fourth-order valence-corrected chi connectivity index (χ4v) is 5.15. The topological polar surface area (TPSA) is 92.8 Å². The summed E-state index contributed by atoms with van der Waals surface area (Å²) in [6.07, 6.45) is 1.53. The van der Waals surface area contributed by atoms with Gasteiger partial charge in [-0.1, -0.05) is 12.1 Å². The molecule has 2 saturated heterocycles. The number of hydrogen-bond donors (Lipinski definition) is 1. The Kier molecular flexibility index (Phi) is 9.89. The summed E-state index contributed by atoms with van der Waals surface area (Å²) in [5, 5.41) is 3.03. The molecule has 0 bridgehead atoms. The molecule has 0 radical (unpaired) electrons. The van der Waals surface area contributed by atoms with Gasteiger partial charge >= 0.3 is 0 Å². The Morgan fingerprint density at radius 3 is 2.36 bits per heavy atom. The van der Waals surface area contributed by atoms with Crippen molar-refractivity contribution in [2.45, 2.75) is 25.4 Å². The number of nitrogens with zero attached hydrogens (tertiary/aromatic N) is 3. The smallest absolute Gasteiger partial charge is 0.254 e. The summed E-state index contributed by atoms with van der Waals surface area (Å²) in [6.45, 7) is 5.84. The first-order valence-corrected chi connectivity index (χ1v) is 13.4. The van der Waals surface area contributed by atoms with E-state index in [2.05, 4.69) is 34.3 Å².